The number of rotatable bonds is 10. The Balaban J connectivity index is 1.91. The van der Waals surface area contributed by atoms with Gasteiger partial charge in [0.1, 0.15) is 12.2 Å². The number of ether oxygens (including phenoxy) is 1. The number of aliphatic hydroxyl groups is 2. The van der Waals surface area contributed by atoms with Crippen molar-refractivity contribution in [2.75, 3.05) is 0 Å². The van der Waals surface area contributed by atoms with Crippen LogP contribution in [0.2, 0.25) is 0 Å². The Labute approximate surface area is 192 Å². The molecule has 10 nitrogen and oxygen atoms in total. The van der Waals surface area contributed by atoms with E-state index in [1.165, 1.54) is 0 Å². The summed E-state index contributed by atoms with van der Waals surface area (Å²) in [5, 5.41) is 31.1. The highest BCUT2D eigenvalue weighted by Crippen LogP contribution is 2.29. The molecule has 0 aromatic rings. The van der Waals surface area contributed by atoms with E-state index in [9.17, 15) is 24.6 Å². The molecule has 33 heavy (non-hydrogen) atoms. The van der Waals surface area contributed by atoms with Crippen molar-refractivity contribution in [3.05, 3.63) is 23.3 Å². The van der Waals surface area contributed by atoms with E-state index in [-0.39, 0.29) is 37.3 Å². The van der Waals surface area contributed by atoms with Gasteiger partial charge >= 0.3 is 0 Å². The van der Waals surface area contributed by atoms with Crippen LogP contribution in [0.1, 0.15) is 71.6 Å². The first-order chi connectivity index (χ1) is 15.6. The van der Waals surface area contributed by atoms with Gasteiger partial charge in [0, 0.05) is 25.5 Å². The number of aliphatic hydroxyl groups excluding tert-OH is 2. The summed E-state index contributed by atoms with van der Waals surface area (Å²) in [5.41, 5.74) is 2.10. The smallest absolute Gasteiger partial charge is 0.243 e. The number of carbonyl (C=O) groups is 3. The van der Waals surface area contributed by atoms with Crippen LogP contribution in [-0.2, 0) is 19.1 Å². The summed E-state index contributed by atoms with van der Waals surface area (Å²) in [7, 11) is 0. The second-order valence-corrected chi connectivity index (χ2v) is 8.50. The first-order valence-corrected chi connectivity index (χ1v) is 11.3. The van der Waals surface area contributed by atoms with Gasteiger partial charge in [-0.2, -0.15) is 0 Å². The summed E-state index contributed by atoms with van der Waals surface area (Å²) in [6, 6.07) is 0. The molecule has 5 N–H and O–H groups in total. The molecule has 4 atom stereocenters. The lowest BCUT2D eigenvalue weighted by molar-refractivity contribution is -0.144. The number of carbonyl (C=O) groups excluding carboxylic acids is 3. The molecule has 2 aliphatic heterocycles. The SMILES string of the molecule is CC1=C(NC(=O)CCCCCCCC(=O)NO)C(F)=CN(C2OC(C)C(O)C2O)C(=O)CC1. The maximum Gasteiger partial charge on any atom is 0.243 e. The maximum atomic E-state index is 15.1. The zero-order valence-corrected chi connectivity index (χ0v) is 19.1. The summed E-state index contributed by atoms with van der Waals surface area (Å²) in [5.74, 6) is -2.07. The number of unbranched alkanes of at least 4 members (excludes halogenated alkanes) is 4. The number of hydroxylamine groups is 1. The number of hydrogen-bond acceptors (Lipinski definition) is 7. The minimum atomic E-state index is -1.38. The fourth-order valence-electron chi connectivity index (χ4n) is 3.81. The highest BCUT2D eigenvalue weighted by Gasteiger charge is 2.44. The third kappa shape index (κ3) is 7.60. The second kappa shape index (κ2) is 12.8. The molecule has 0 bridgehead atoms. The van der Waals surface area contributed by atoms with Crippen LogP contribution in [0.5, 0.6) is 0 Å². The Morgan fingerprint density at radius 3 is 2.27 bits per heavy atom. The average molecular weight is 472 g/mol. The van der Waals surface area contributed by atoms with Gasteiger partial charge < -0.3 is 20.3 Å². The molecule has 2 aliphatic rings. The zero-order valence-electron chi connectivity index (χ0n) is 19.1. The zero-order chi connectivity index (χ0) is 24.5. The predicted molar refractivity (Wildman–Crippen MR) is 115 cm³/mol. The first-order valence-electron chi connectivity index (χ1n) is 11.3. The van der Waals surface area contributed by atoms with Crippen molar-refractivity contribution < 1.29 is 38.9 Å². The molecule has 4 unspecified atom stereocenters. The molecule has 1 saturated heterocycles. The van der Waals surface area contributed by atoms with Crippen LogP contribution in [0, 0.1) is 0 Å². The van der Waals surface area contributed by atoms with Crippen molar-refractivity contribution in [3.63, 3.8) is 0 Å². The standard InChI is InChI=1S/C22H34FN3O7/c1-13-10-11-18(29)26(22-21(31)20(30)14(2)33-22)12-15(23)19(13)24-16(27)8-6-4-3-5-7-9-17(28)25-32/h12,14,20-22,30-32H,3-11H2,1-2H3,(H,24,27)(H,25,28). The molecular weight excluding hydrogens is 437 g/mol. The molecule has 2 heterocycles. The van der Waals surface area contributed by atoms with E-state index in [2.05, 4.69) is 5.32 Å². The van der Waals surface area contributed by atoms with E-state index in [0.29, 0.717) is 18.4 Å². The molecule has 11 heteroatoms. The number of amides is 3. The van der Waals surface area contributed by atoms with Crippen molar-refractivity contribution >= 4 is 17.7 Å². The minimum Gasteiger partial charge on any atom is -0.388 e. The molecular formula is C22H34FN3O7. The molecule has 2 rings (SSSR count). The minimum absolute atomic E-state index is 0.00593. The van der Waals surface area contributed by atoms with Gasteiger partial charge in [0.05, 0.1) is 11.8 Å². The van der Waals surface area contributed by atoms with E-state index in [4.69, 9.17) is 9.94 Å². The van der Waals surface area contributed by atoms with E-state index in [0.717, 1.165) is 30.4 Å². The number of nitrogens with zero attached hydrogens (tertiary/aromatic N) is 1. The fraction of sp³-hybridized carbons (Fsp3) is 0.682. The Morgan fingerprint density at radius 2 is 1.70 bits per heavy atom. The van der Waals surface area contributed by atoms with E-state index in [1.54, 1.807) is 19.3 Å². The normalized spacial score (nSPS) is 26.1. The summed E-state index contributed by atoms with van der Waals surface area (Å²) >= 11 is 0. The average Bonchev–Trinajstić information content (AvgIpc) is 3.04. The number of hydrogen-bond donors (Lipinski definition) is 5. The predicted octanol–water partition coefficient (Wildman–Crippen LogP) is 1.51. The van der Waals surface area contributed by atoms with E-state index < -0.39 is 42.2 Å². The Morgan fingerprint density at radius 1 is 1.09 bits per heavy atom. The van der Waals surface area contributed by atoms with Gasteiger partial charge in [0.25, 0.3) is 0 Å². The lowest BCUT2D eigenvalue weighted by Crippen LogP contribution is -2.45. The molecule has 0 spiro atoms. The third-order valence-corrected chi connectivity index (χ3v) is 5.87. The molecule has 0 aliphatic carbocycles. The van der Waals surface area contributed by atoms with Crippen molar-refractivity contribution in [3.8, 4) is 0 Å². The second-order valence-electron chi connectivity index (χ2n) is 8.50. The van der Waals surface area contributed by atoms with Gasteiger partial charge in [-0.15, -0.1) is 0 Å². The highest BCUT2D eigenvalue weighted by molar-refractivity contribution is 5.80. The Kier molecular flexibility index (Phi) is 10.4. The van der Waals surface area contributed by atoms with Gasteiger partial charge in [-0.05, 0) is 38.7 Å². The van der Waals surface area contributed by atoms with Crippen LogP contribution >= 0.6 is 0 Å². The largest absolute Gasteiger partial charge is 0.388 e. The molecule has 3 amide bonds. The molecule has 186 valence electrons. The number of halogens is 1. The highest BCUT2D eigenvalue weighted by atomic mass is 19.1. The lowest BCUT2D eigenvalue weighted by atomic mass is 10.0. The molecule has 0 saturated carbocycles. The van der Waals surface area contributed by atoms with E-state index >= 15 is 4.39 Å². The third-order valence-electron chi connectivity index (χ3n) is 5.87. The molecule has 0 radical (unpaired) electrons. The van der Waals surface area contributed by atoms with Gasteiger partial charge in [0.15, 0.2) is 12.1 Å². The summed E-state index contributed by atoms with van der Waals surface area (Å²) in [4.78, 5) is 36.8. The van der Waals surface area contributed by atoms with Crippen molar-refractivity contribution in [2.24, 2.45) is 0 Å². The van der Waals surface area contributed by atoms with Gasteiger partial charge in [-0.1, -0.05) is 19.3 Å². The number of nitrogens with one attached hydrogen (secondary N) is 2. The number of allylic oxidation sites excluding steroid dienone is 2. The molecule has 0 aromatic carbocycles. The van der Waals surface area contributed by atoms with Crippen LogP contribution in [-0.4, -0.2) is 62.6 Å². The van der Waals surface area contributed by atoms with Crippen LogP contribution in [0.15, 0.2) is 23.3 Å². The van der Waals surface area contributed by atoms with Gasteiger partial charge in [-0.3, -0.25) is 24.5 Å². The van der Waals surface area contributed by atoms with Crippen LogP contribution in [0.3, 0.4) is 0 Å². The van der Waals surface area contributed by atoms with Crippen molar-refractivity contribution in [1.82, 2.24) is 15.7 Å². The van der Waals surface area contributed by atoms with Crippen molar-refractivity contribution in [2.45, 2.75) is 96.2 Å². The summed E-state index contributed by atoms with van der Waals surface area (Å²) in [6.07, 6.45) is 0.700. The monoisotopic (exact) mass is 471 g/mol. The quantitative estimate of drug-likeness (QED) is 0.184. The van der Waals surface area contributed by atoms with Crippen LogP contribution < -0.4 is 10.8 Å². The van der Waals surface area contributed by atoms with Gasteiger partial charge in [-0.25, -0.2) is 9.87 Å². The molecule has 0 aromatic heterocycles. The van der Waals surface area contributed by atoms with Crippen LogP contribution in [0.25, 0.3) is 0 Å². The lowest BCUT2D eigenvalue weighted by Gasteiger charge is -2.29. The molecule has 1 fully saturated rings. The van der Waals surface area contributed by atoms with Crippen LogP contribution in [0.4, 0.5) is 4.39 Å². The van der Waals surface area contributed by atoms with Gasteiger partial charge in [0.2, 0.25) is 17.7 Å². The fourth-order valence-corrected chi connectivity index (χ4v) is 3.81. The Hall–Kier alpha value is -2.34. The van der Waals surface area contributed by atoms with Crippen molar-refractivity contribution in [1.29, 1.82) is 0 Å². The summed E-state index contributed by atoms with van der Waals surface area (Å²) in [6.45, 7) is 3.19. The summed E-state index contributed by atoms with van der Waals surface area (Å²) < 4.78 is 20.5. The topological polar surface area (TPSA) is 148 Å². The maximum absolute atomic E-state index is 15.1. The van der Waals surface area contributed by atoms with E-state index in [1.807, 2.05) is 0 Å². The first kappa shape index (κ1) is 26.9. The Bertz CT molecular complexity index is 786.